The van der Waals surface area contributed by atoms with Gasteiger partial charge in [-0.2, -0.15) is 5.26 Å². The van der Waals surface area contributed by atoms with E-state index in [4.69, 9.17) is 10.4 Å². The molecule has 0 aromatic heterocycles. The molecule has 0 radical (unpaired) electrons. The van der Waals surface area contributed by atoms with Crippen molar-refractivity contribution in [1.29, 1.82) is 5.26 Å². The Labute approximate surface area is 104 Å². The molecule has 0 atom stereocenters. The van der Waals surface area contributed by atoms with Crippen LogP contribution in [0.4, 0.5) is 0 Å². The van der Waals surface area contributed by atoms with Crippen molar-refractivity contribution >= 4 is 18.0 Å². The number of nitrogens with one attached hydrogen (secondary N) is 1. The van der Waals surface area contributed by atoms with Gasteiger partial charge in [0.2, 0.25) is 5.91 Å². The summed E-state index contributed by atoms with van der Waals surface area (Å²) in [6.07, 6.45) is 2.82. The third-order valence-corrected chi connectivity index (χ3v) is 2.11. The van der Waals surface area contributed by atoms with E-state index in [-0.39, 0.29) is 18.9 Å². The first kappa shape index (κ1) is 13.5. The van der Waals surface area contributed by atoms with Crippen LogP contribution in [0, 0.1) is 11.3 Å². The molecule has 0 bridgehead atoms. The fourth-order valence-electron chi connectivity index (χ4n) is 1.19. The summed E-state index contributed by atoms with van der Waals surface area (Å²) in [5.41, 5.74) is 1.35. The number of carbonyl (C=O) groups excluding carboxylic acids is 1. The Bertz CT molecular complexity index is 498. The first-order chi connectivity index (χ1) is 8.61. The number of carbonyl (C=O) groups is 2. The minimum atomic E-state index is -0.952. The lowest BCUT2D eigenvalue weighted by Crippen LogP contribution is -2.23. The number of carboxylic acids is 1. The summed E-state index contributed by atoms with van der Waals surface area (Å²) in [7, 11) is 0. The van der Waals surface area contributed by atoms with Gasteiger partial charge >= 0.3 is 5.97 Å². The number of hydrogen-bond acceptors (Lipinski definition) is 3. The van der Waals surface area contributed by atoms with E-state index in [1.54, 1.807) is 30.3 Å². The molecule has 92 valence electrons. The van der Waals surface area contributed by atoms with Crippen LogP contribution in [-0.2, 0) is 9.59 Å². The van der Waals surface area contributed by atoms with Gasteiger partial charge in [-0.3, -0.25) is 9.59 Å². The van der Waals surface area contributed by atoms with E-state index >= 15 is 0 Å². The Morgan fingerprint density at radius 1 is 1.33 bits per heavy atom. The molecule has 0 saturated heterocycles. The minimum absolute atomic E-state index is 0.101. The molecular formula is C13H12N2O3. The molecule has 0 heterocycles. The lowest BCUT2D eigenvalue weighted by Gasteiger charge is -1.98. The Balaban J connectivity index is 2.45. The summed E-state index contributed by atoms with van der Waals surface area (Å²) in [5.74, 6) is -1.30. The summed E-state index contributed by atoms with van der Waals surface area (Å²) >= 11 is 0. The van der Waals surface area contributed by atoms with E-state index in [1.807, 2.05) is 6.07 Å². The standard InChI is InChI=1S/C13H12N2O3/c14-9-11-3-1-10(2-4-11)5-6-12(16)15-8-7-13(17)18/h1-6H,7-8H2,(H,15,16)(H,17,18)/b6-5+. The van der Waals surface area contributed by atoms with Crippen molar-refractivity contribution in [3.63, 3.8) is 0 Å². The average Bonchev–Trinajstić information content (AvgIpc) is 2.36. The molecule has 1 rings (SSSR count). The first-order valence-corrected chi connectivity index (χ1v) is 5.29. The second-order valence-electron chi connectivity index (χ2n) is 3.50. The zero-order valence-electron chi connectivity index (χ0n) is 9.59. The van der Waals surface area contributed by atoms with Crippen LogP contribution >= 0.6 is 0 Å². The molecule has 18 heavy (non-hydrogen) atoms. The van der Waals surface area contributed by atoms with E-state index in [0.717, 1.165) is 5.56 Å². The topological polar surface area (TPSA) is 90.2 Å². The molecule has 1 amide bonds. The van der Waals surface area contributed by atoms with Gasteiger partial charge in [-0.25, -0.2) is 0 Å². The van der Waals surface area contributed by atoms with Crippen LogP contribution in [0.15, 0.2) is 30.3 Å². The molecule has 0 spiro atoms. The van der Waals surface area contributed by atoms with E-state index in [9.17, 15) is 9.59 Å². The highest BCUT2D eigenvalue weighted by molar-refractivity contribution is 5.91. The Kier molecular flexibility index (Phi) is 5.13. The third kappa shape index (κ3) is 4.94. The van der Waals surface area contributed by atoms with Crippen LogP contribution < -0.4 is 5.32 Å². The SMILES string of the molecule is N#Cc1ccc(/C=C/C(=O)NCCC(=O)O)cc1. The first-order valence-electron chi connectivity index (χ1n) is 5.29. The van der Waals surface area contributed by atoms with Crippen molar-refractivity contribution in [2.75, 3.05) is 6.54 Å². The maximum atomic E-state index is 11.3. The van der Waals surface area contributed by atoms with Gasteiger partial charge in [0.25, 0.3) is 0 Å². The third-order valence-electron chi connectivity index (χ3n) is 2.11. The largest absolute Gasteiger partial charge is 0.481 e. The van der Waals surface area contributed by atoms with Crippen molar-refractivity contribution in [2.45, 2.75) is 6.42 Å². The molecule has 0 aliphatic heterocycles. The summed E-state index contributed by atoms with van der Waals surface area (Å²) < 4.78 is 0. The molecule has 0 saturated carbocycles. The number of nitrogens with zero attached hydrogens (tertiary/aromatic N) is 1. The van der Waals surface area contributed by atoms with Gasteiger partial charge in [0.1, 0.15) is 0 Å². The van der Waals surface area contributed by atoms with Gasteiger partial charge in [-0.05, 0) is 23.8 Å². The average molecular weight is 244 g/mol. The van der Waals surface area contributed by atoms with Crippen molar-refractivity contribution < 1.29 is 14.7 Å². The number of rotatable bonds is 5. The number of hydrogen-bond donors (Lipinski definition) is 2. The van der Waals surface area contributed by atoms with Crippen molar-refractivity contribution in [3.05, 3.63) is 41.5 Å². The molecule has 0 unspecified atom stereocenters. The van der Waals surface area contributed by atoms with Crippen LogP contribution in [0.1, 0.15) is 17.5 Å². The normalized spacial score (nSPS) is 9.94. The molecular weight excluding hydrogens is 232 g/mol. The number of benzene rings is 1. The van der Waals surface area contributed by atoms with Gasteiger partial charge in [0.15, 0.2) is 0 Å². The second kappa shape index (κ2) is 6.86. The Hall–Kier alpha value is -2.61. The maximum Gasteiger partial charge on any atom is 0.305 e. The van der Waals surface area contributed by atoms with Crippen LogP contribution in [0.25, 0.3) is 6.08 Å². The van der Waals surface area contributed by atoms with E-state index in [2.05, 4.69) is 5.32 Å². The minimum Gasteiger partial charge on any atom is -0.481 e. The number of aliphatic carboxylic acids is 1. The lowest BCUT2D eigenvalue weighted by atomic mass is 10.1. The van der Waals surface area contributed by atoms with Crippen LogP contribution in [0.3, 0.4) is 0 Å². The molecule has 1 aromatic carbocycles. The Morgan fingerprint density at radius 2 is 2.00 bits per heavy atom. The summed E-state index contributed by atoms with van der Waals surface area (Å²) in [5, 5.41) is 19.4. The zero-order chi connectivity index (χ0) is 13.4. The highest BCUT2D eigenvalue weighted by Gasteiger charge is 1.98. The Morgan fingerprint density at radius 3 is 2.56 bits per heavy atom. The van der Waals surface area contributed by atoms with Gasteiger partial charge < -0.3 is 10.4 Å². The van der Waals surface area contributed by atoms with Crippen molar-refractivity contribution in [2.24, 2.45) is 0 Å². The highest BCUT2D eigenvalue weighted by atomic mass is 16.4. The summed E-state index contributed by atoms with van der Waals surface area (Å²) in [6, 6.07) is 8.75. The predicted octanol–water partition coefficient (Wildman–Crippen LogP) is 1.16. The van der Waals surface area contributed by atoms with E-state index < -0.39 is 5.97 Å². The van der Waals surface area contributed by atoms with Crippen LogP contribution in [0.5, 0.6) is 0 Å². The van der Waals surface area contributed by atoms with Gasteiger partial charge in [0, 0.05) is 12.6 Å². The smallest absolute Gasteiger partial charge is 0.305 e. The predicted molar refractivity (Wildman–Crippen MR) is 65.5 cm³/mol. The molecule has 1 aromatic rings. The van der Waals surface area contributed by atoms with Gasteiger partial charge in [0.05, 0.1) is 18.1 Å². The number of nitriles is 1. The lowest BCUT2D eigenvalue weighted by molar-refractivity contribution is -0.136. The maximum absolute atomic E-state index is 11.3. The molecule has 0 aliphatic rings. The molecule has 2 N–H and O–H groups in total. The van der Waals surface area contributed by atoms with Gasteiger partial charge in [-0.1, -0.05) is 12.1 Å². The fourth-order valence-corrected chi connectivity index (χ4v) is 1.19. The molecule has 5 heteroatoms. The van der Waals surface area contributed by atoms with Crippen molar-refractivity contribution in [1.82, 2.24) is 5.32 Å². The van der Waals surface area contributed by atoms with Crippen molar-refractivity contribution in [3.8, 4) is 6.07 Å². The molecule has 0 aliphatic carbocycles. The fraction of sp³-hybridized carbons (Fsp3) is 0.154. The van der Waals surface area contributed by atoms with Gasteiger partial charge in [-0.15, -0.1) is 0 Å². The van der Waals surface area contributed by atoms with E-state index in [0.29, 0.717) is 5.56 Å². The number of carboxylic acid groups (broad SMARTS) is 1. The second-order valence-corrected chi connectivity index (χ2v) is 3.50. The summed E-state index contributed by atoms with van der Waals surface area (Å²) in [4.78, 5) is 21.5. The quantitative estimate of drug-likeness (QED) is 0.760. The van der Waals surface area contributed by atoms with E-state index in [1.165, 1.54) is 6.08 Å². The summed E-state index contributed by atoms with van der Waals surface area (Å²) in [6.45, 7) is 0.103. The highest BCUT2D eigenvalue weighted by Crippen LogP contribution is 2.04. The molecule has 0 fully saturated rings. The molecule has 5 nitrogen and oxygen atoms in total. The van der Waals surface area contributed by atoms with Crippen LogP contribution in [-0.4, -0.2) is 23.5 Å². The van der Waals surface area contributed by atoms with Crippen LogP contribution in [0.2, 0.25) is 0 Å². The number of amides is 1. The monoisotopic (exact) mass is 244 g/mol. The zero-order valence-corrected chi connectivity index (χ0v) is 9.59.